The zero-order valence-corrected chi connectivity index (χ0v) is 17.2. The Morgan fingerprint density at radius 2 is 1.90 bits per heavy atom. The third-order valence-corrected chi connectivity index (χ3v) is 5.68. The number of carbonyl (C=O) groups excluding carboxylic acids is 1. The minimum atomic E-state index is -0.0645. The molecule has 6 nitrogen and oxygen atoms in total. The molecule has 2 heterocycles. The van der Waals surface area contributed by atoms with Crippen molar-refractivity contribution in [3.63, 3.8) is 0 Å². The van der Waals surface area contributed by atoms with Crippen LogP contribution in [-0.4, -0.2) is 21.0 Å². The van der Waals surface area contributed by atoms with Crippen molar-refractivity contribution in [3.05, 3.63) is 65.0 Å². The van der Waals surface area contributed by atoms with Gasteiger partial charge in [0.05, 0.1) is 16.8 Å². The quantitative estimate of drug-likeness (QED) is 0.480. The predicted molar refractivity (Wildman–Crippen MR) is 114 cm³/mol. The topological polar surface area (TPSA) is 80.9 Å². The van der Waals surface area contributed by atoms with Crippen LogP contribution in [-0.2, 0) is 17.8 Å². The molecule has 0 aliphatic heterocycles. The highest BCUT2D eigenvalue weighted by molar-refractivity contribution is 7.18. The van der Waals surface area contributed by atoms with E-state index in [4.69, 9.17) is 4.52 Å². The molecular formula is C22H22N4O2S. The lowest BCUT2D eigenvalue weighted by Crippen LogP contribution is -2.22. The summed E-state index contributed by atoms with van der Waals surface area (Å²) in [7, 11) is 0. The first-order valence-electron chi connectivity index (χ1n) is 9.62. The van der Waals surface area contributed by atoms with E-state index < -0.39 is 0 Å². The van der Waals surface area contributed by atoms with Gasteiger partial charge in [0.1, 0.15) is 5.01 Å². The largest absolute Gasteiger partial charge is 0.350 e. The van der Waals surface area contributed by atoms with E-state index in [0.717, 1.165) is 20.8 Å². The van der Waals surface area contributed by atoms with Crippen molar-refractivity contribution in [2.24, 2.45) is 0 Å². The molecule has 0 bridgehead atoms. The van der Waals surface area contributed by atoms with Gasteiger partial charge in [-0.1, -0.05) is 55.4 Å². The minimum absolute atomic E-state index is 0.0645. The molecule has 0 aliphatic carbocycles. The molecule has 0 saturated carbocycles. The second kappa shape index (κ2) is 8.53. The molecule has 0 saturated heterocycles. The molecule has 2 aromatic carbocycles. The highest BCUT2D eigenvalue weighted by atomic mass is 32.1. The molecule has 1 amide bonds. The van der Waals surface area contributed by atoms with Gasteiger partial charge in [0.2, 0.25) is 17.6 Å². The predicted octanol–water partition coefficient (Wildman–Crippen LogP) is 4.72. The molecule has 2 aromatic heterocycles. The lowest BCUT2D eigenvalue weighted by Gasteiger charge is -2.04. The molecule has 29 heavy (non-hydrogen) atoms. The van der Waals surface area contributed by atoms with Gasteiger partial charge in [-0.25, -0.2) is 4.98 Å². The van der Waals surface area contributed by atoms with Crippen LogP contribution in [0, 0.1) is 0 Å². The van der Waals surface area contributed by atoms with Gasteiger partial charge in [-0.05, 0) is 23.6 Å². The van der Waals surface area contributed by atoms with Gasteiger partial charge < -0.3 is 9.84 Å². The minimum Gasteiger partial charge on any atom is -0.350 e. The number of amides is 1. The monoisotopic (exact) mass is 406 g/mol. The van der Waals surface area contributed by atoms with E-state index in [-0.39, 0.29) is 5.91 Å². The molecule has 0 spiro atoms. The van der Waals surface area contributed by atoms with Crippen molar-refractivity contribution >= 4 is 27.5 Å². The maximum Gasteiger partial charge on any atom is 0.227 e. The average Bonchev–Trinajstić information content (AvgIpc) is 3.37. The number of hydrogen-bond donors (Lipinski definition) is 1. The number of hydrogen-bond acceptors (Lipinski definition) is 6. The summed E-state index contributed by atoms with van der Waals surface area (Å²) in [6, 6.07) is 16.1. The van der Waals surface area contributed by atoms with E-state index in [0.29, 0.717) is 37.0 Å². The number of nitrogens with one attached hydrogen (secondary N) is 1. The van der Waals surface area contributed by atoms with Crippen LogP contribution >= 0.6 is 11.3 Å². The zero-order valence-electron chi connectivity index (χ0n) is 16.4. The maximum atomic E-state index is 12.2. The normalized spacial score (nSPS) is 11.3. The molecule has 0 fully saturated rings. The second-order valence-corrected chi connectivity index (χ2v) is 8.26. The number of benzene rings is 2. The van der Waals surface area contributed by atoms with E-state index in [1.807, 2.05) is 36.4 Å². The van der Waals surface area contributed by atoms with Crippen molar-refractivity contribution in [3.8, 4) is 11.4 Å². The summed E-state index contributed by atoms with van der Waals surface area (Å²) < 4.78 is 6.42. The molecule has 1 N–H and O–H groups in total. The first-order valence-corrected chi connectivity index (χ1v) is 10.4. The number of aryl methyl sites for hydroxylation is 1. The van der Waals surface area contributed by atoms with E-state index in [9.17, 15) is 4.79 Å². The molecular weight excluding hydrogens is 384 g/mol. The fourth-order valence-corrected chi connectivity index (χ4v) is 3.88. The van der Waals surface area contributed by atoms with E-state index in [2.05, 4.69) is 46.4 Å². The summed E-state index contributed by atoms with van der Waals surface area (Å²) in [4.78, 5) is 21.1. The molecule has 0 unspecified atom stereocenters. The molecule has 4 rings (SSSR count). The molecule has 4 aromatic rings. The highest BCUT2D eigenvalue weighted by Crippen LogP contribution is 2.22. The van der Waals surface area contributed by atoms with Crippen molar-refractivity contribution < 1.29 is 9.32 Å². The van der Waals surface area contributed by atoms with Crippen LogP contribution in [0.25, 0.3) is 21.6 Å². The SMILES string of the molecule is CC(C)c1ccc(-c2noc(CCC(=O)NCc3nc4ccccc4s3)n2)cc1. The number of nitrogens with zero attached hydrogens (tertiary/aromatic N) is 3. The van der Waals surface area contributed by atoms with Gasteiger partial charge in [0.25, 0.3) is 0 Å². The van der Waals surface area contributed by atoms with E-state index in [1.54, 1.807) is 11.3 Å². The molecule has 0 atom stereocenters. The number of rotatable bonds is 7. The third-order valence-electron chi connectivity index (χ3n) is 4.64. The fourth-order valence-electron chi connectivity index (χ4n) is 2.97. The Hall–Kier alpha value is -3.06. The van der Waals surface area contributed by atoms with Crippen molar-refractivity contribution in [1.82, 2.24) is 20.4 Å². The van der Waals surface area contributed by atoms with Crippen LogP contribution < -0.4 is 5.32 Å². The van der Waals surface area contributed by atoms with Gasteiger partial charge in [-0.2, -0.15) is 4.98 Å². The Bertz CT molecular complexity index is 1080. The van der Waals surface area contributed by atoms with Crippen LogP contribution in [0.2, 0.25) is 0 Å². The number of fused-ring (bicyclic) bond motifs is 1. The Morgan fingerprint density at radius 1 is 1.10 bits per heavy atom. The first-order chi connectivity index (χ1) is 14.1. The maximum absolute atomic E-state index is 12.2. The lowest BCUT2D eigenvalue weighted by molar-refractivity contribution is -0.121. The summed E-state index contributed by atoms with van der Waals surface area (Å²) >= 11 is 1.59. The highest BCUT2D eigenvalue weighted by Gasteiger charge is 2.12. The van der Waals surface area contributed by atoms with Crippen molar-refractivity contribution in [2.75, 3.05) is 0 Å². The Morgan fingerprint density at radius 3 is 2.66 bits per heavy atom. The zero-order chi connectivity index (χ0) is 20.2. The first kappa shape index (κ1) is 19.3. The molecule has 0 aliphatic rings. The summed E-state index contributed by atoms with van der Waals surface area (Å²) in [6.07, 6.45) is 0.696. The molecule has 0 radical (unpaired) electrons. The Labute approximate surface area is 173 Å². The fraction of sp³-hybridized carbons (Fsp3) is 0.273. The van der Waals surface area contributed by atoms with Crippen molar-refractivity contribution in [1.29, 1.82) is 0 Å². The number of thiazole rings is 1. The van der Waals surface area contributed by atoms with Gasteiger partial charge in [-0.15, -0.1) is 11.3 Å². The van der Waals surface area contributed by atoms with Crippen LogP contribution in [0.1, 0.15) is 42.6 Å². The number of carbonyl (C=O) groups is 1. The van der Waals surface area contributed by atoms with Gasteiger partial charge in [0, 0.05) is 18.4 Å². The standard InChI is InChI=1S/C22H22N4O2S/c1-14(2)15-7-9-16(10-8-15)22-25-20(28-26-22)12-11-19(27)23-13-21-24-17-5-3-4-6-18(17)29-21/h3-10,14H,11-13H2,1-2H3,(H,23,27). The van der Waals surface area contributed by atoms with Crippen LogP contribution in [0.4, 0.5) is 0 Å². The molecule has 7 heteroatoms. The van der Waals surface area contributed by atoms with E-state index in [1.165, 1.54) is 5.56 Å². The van der Waals surface area contributed by atoms with Gasteiger partial charge >= 0.3 is 0 Å². The Kier molecular flexibility index (Phi) is 5.67. The van der Waals surface area contributed by atoms with Crippen LogP contribution in [0.15, 0.2) is 53.1 Å². The van der Waals surface area contributed by atoms with Crippen LogP contribution in [0.5, 0.6) is 0 Å². The summed E-state index contributed by atoms with van der Waals surface area (Å²) in [5.41, 5.74) is 3.13. The lowest BCUT2D eigenvalue weighted by atomic mass is 10.0. The van der Waals surface area contributed by atoms with Crippen LogP contribution in [0.3, 0.4) is 0 Å². The second-order valence-electron chi connectivity index (χ2n) is 7.14. The summed E-state index contributed by atoms with van der Waals surface area (Å²) in [6.45, 7) is 4.74. The van der Waals surface area contributed by atoms with E-state index >= 15 is 0 Å². The van der Waals surface area contributed by atoms with Crippen molar-refractivity contribution in [2.45, 2.75) is 39.2 Å². The summed E-state index contributed by atoms with van der Waals surface area (Å²) in [5.74, 6) is 1.42. The average molecular weight is 407 g/mol. The Balaban J connectivity index is 1.29. The smallest absolute Gasteiger partial charge is 0.227 e. The third kappa shape index (κ3) is 4.68. The number of para-hydroxylation sites is 1. The summed E-state index contributed by atoms with van der Waals surface area (Å²) in [5, 5.41) is 7.83. The van der Waals surface area contributed by atoms with Gasteiger partial charge in [-0.3, -0.25) is 4.79 Å². The van der Waals surface area contributed by atoms with Gasteiger partial charge in [0.15, 0.2) is 0 Å². The number of aromatic nitrogens is 3. The molecule has 148 valence electrons.